The third kappa shape index (κ3) is 4.08. The fraction of sp³-hybridized carbons (Fsp3) is 0.188. The lowest BCUT2D eigenvalue weighted by molar-refractivity contribution is 0.102. The summed E-state index contributed by atoms with van der Waals surface area (Å²) in [4.78, 5) is 12.1. The topological polar surface area (TPSA) is 63.2 Å². The molecule has 4 nitrogen and oxygen atoms in total. The summed E-state index contributed by atoms with van der Waals surface area (Å²) in [5.41, 5.74) is 2.05. The Bertz CT molecular complexity index is 783. The molecule has 22 heavy (non-hydrogen) atoms. The SMILES string of the molecule is CC(C)c1ccc(NC(=O)c2cccc(S(=O)(=O)Cl)c2)cc1. The van der Waals surface area contributed by atoms with Gasteiger partial charge >= 0.3 is 0 Å². The average molecular weight is 338 g/mol. The second-order valence-electron chi connectivity index (χ2n) is 5.20. The number of anilines is 1. The van der Waals surface area contributed by atoms with Gasteiger partial charge in [-0.15, -0.1) is 0 Å². The molecule has 0 aliphatic carbocycles. The molecular weight excluding hydrogens is 322 g/mol. The highest BCUT2D eigenvalue weighted by Crippen LogP contribution is 2.19. The highest BCUT2D eigenvalue weighted by atomic mass is 35.7. The van der Waals surface area contributed by atoms with Crippen LogP contribution in [-0.4, -0.2) is 14.3 Å². The summed E-state index contributed by atoms with van der Waals surface area (Å²) >= 11 is 0. The summed E-state index contributed by atoms with van der Waals surface area (Å²) in [5, 5.41) is 2.73. The quantitative estimate of drug-likeness (QED) is 0.858. The van der Waals surface area contributed by atoms with E-state index in [1.807, 2.05) is 24.3 Å². The normalized spacial score (nSPS) is 11.5. The molecule has 0 spiro atoms. The molecule has 0 aromatic heterocycles. The molecule has 0 heterocycles. The van der Waals surface area contributed by atoms with Gasteiger partial charge < -0.3 is 5.32 Å². The minimum absolute atomic E-state index is 0.100. The van der Waals surface area contributed by atoms with Gasteiger partial charge in [0.1, 0.15) is 0 Å². The van der Waals surface area contributed by atoms with E-state index in [0.29, 0.717) is 11.6 Å². The number of halogens is 1. The van der Waals surface area contributed by atoms with Crippen molar-refractivity contribution in [3.05, 3.63) is 59.7 Å². The zero-order chi connectivity index (χ0) is 16.3. The first kappa shape index (κ1) is 16.5. The fourth-order valence-corrected chi connectivity index (χ4v) is 2.74. The Morgan fingerprint density at radius 3 is 2.27 bits per heavy atom. The Morgan fingerprint density at radius 2 is 1.73 bits per heavy atom. The average Bonchev–Trinajstić information content (AvgIpc) is 2.47. The summed E-state index contributed by atoms with van der Waals surface area (Å²) in [5.74, 6) is 0.0230. The van der Waals surface area contributed by atoms with Crippen LogP contribution in [0, 0.1) is 0 Å². The molecule has 2 aromatic rings. The molecule has 6 heteroatoms. The predicted octanol–water partition coefficient (Wildman–Crippen LogP) is 3.99. The number of nitrogens with one attached hydrogen (secondary N) is 1. The number of carbonyl (C=O) groups excluding carboxylic acids is 1. The molecule has 0 fully saturated rings. The molecule has 0 aliphatic heterocycles. The van der Waals surface area contributed by atoms with E-state index in [0.717, 1.165) is 0 Å². The molecule has 0 saturated heterocycles. The lowest BCUT2D eigenvalue weighted by atomic mass is 10.0. The second-order valence-corrected chi connectivity index (χ2v) is 7.76. The van der Waals surface area contributed by atoms with E-state index in [4.69, 9.17) is 10.7 Å². The van der Waals surface area contributed by atoms with Crippen molar-refractivity contribution < 1.29 is 13.2 Å². The van der Waals surface area contributed by atoms with Crippen molar-refractivity contribution in [3.63, 3.8) is 0 Å². The molecule has 2 aromatic carbocycles. The highest BCUT2D eigenvalue weighted by Gasteiger charge is 2.13. The van der Waals surface area contributed by atoms with Gasteiger partial charge in [-0.05, 0) is 41.8 Å². The predicted molar refractivity (Wildman–Crippen MR) is 88.0 cm³/mol. The van der Waals surface area contributed by atoms with Crippen LogP contribution in [0.3, 0.4) is 0 Å². The first-order chi connectivity index (χ1) is 10.3. The first-order valence-electron chi connectivity index (χ1n) is 6.73. The van der Waals surface area contributed by atoms with Crippen LogP contribution >= 0.6 is 10.7 Å². The van der Waals surface area contributed by atoms with Crippen LogP contribution in [0.15, 0.2) is 53.4 Å². The fourth-order valence-electron chi connectivity index (χ4n) is 1.94. The maximum atomic E-state index is 12.2. The van der Waals surface area contributed by atoms with Gasteiger partial charge in [-0.3, -0.25) is 4.79 Å². The standard InChI is InChI=1S/C16H16ClNO3S/c1-11(2)12-6-8-14(9-7-12)18-16(19)13-4-3-5-15(10-13)22(17,20)21/h3-11H,1-2H3,(H,18,19). The molecule has 0 unspecified atom stereocenters. The zero-order valence-electron chi connectivity index (χ0n) is 12.2. The number of hydrogen-bond donors (Lipinski definition) is 1. The van der Waals surface area contributed by atoms with Gasteiger partial charge in [0.2, 0.25) is 0 Å². The summed E-state index contributed by atoms with van der Waals surface area (Å²) in [6.07, 6.45) is 0. The van der Waals surface area contributed by atoms with E-state index in [9.17, 15) is 13.2 Å². The largest absolute Gasteiger partial charge is 0.322 e. The molecule has 2 rings (SSSR count). The second kappa shape index (κ2) is 6.50. The maximum Gasteiger partial charge on any atom is 0.261 e. The van der Waals surface area contributed by atoms with E-state index < -0.39 is 9.05 Å². The van der Waals surface area contributed by atoms with E-state index in [1.165, 1.54) is 29.8 Å². The van der Waals surface area contributed by atoms with Gasteiger partial charge in [0.25, 0.3) is 15.0 Å². The highest BCUT2D eigenvalue weighted by molar-refractivity contribution is 8.13. The molecular formula is C16H16ClNO3S. The van der Waals surface area contributed by atoms with Crippen LogP contribution in [0.4, 0.5) is 5.69 Å². The lowest BCUT2D eigenvalue weighted by Gasteiger charge is -2.09. The summed E-state index contributed by atoms with van der Waals surface area (Å²) in [6.45, 7) is 4.18. The van der Waals surface area contributed by atoms with Crippen molar-refractivity contribution >= 4 is 31.3 Å². The number of rotatable bonds is 4. The van der Waals surface area contributed by atoms with Gasteiger partial charge in [0, 0.05) is 21.9 Å². The molecule has 1 amide bonds. The minimum Gasteiger partial charge on any atom is -0.322 e. The van der Waals surface area contributed by atoms with Crippen LogP contribution in [-0.2, 0) is 9.05 Å². The van der Waals surface area contributed by atoms with Crippen LogP contribution in [0.1, 0.15) is 35.7 Å². The smallest absolute Gasteiger partial charge is 0.261 e. The Morgan fingerprint density at radius 1 is 1.09 bits per heavy atom. The number of carbonyl (C=O) groups is 1. The Hall–Kier alpha value is -1.85. The molecule has 0 bridgehead atoms. The zero-order valence-corrected chi connectivity index (χ0v) is 13.8. The van der Waals surface area contributed by atoms with Gasteiger partial charge in [-0.25, -0.2) is 8.42 Å². The van der Waals surface area contributed by atoms with Crippen molar-refractivity contribution in [2.24, 2.45) is 0 Å². The van der Waals surface area contributed by atoms with Crippen molar-refractivity contribution in [3.8, 4) is 0 Å². The Labute approximate surface area is 134 Å². The van der Waals surface area contributed by atoms with E-state index in [-0.39, 0.29) is 16.4 Å². The van der Waals surface area contributed by atoms with Crippen molar-refractivity contribution in [1.29, 1.82) is 0 Å². The summed E-state index contributed by atoms with van der Waals surface area (Å²) < 4.78 is 22.6. The van der Waals surface area contributed by atoms with Crippen LogP contribution < -0.4 is 5.32 Å². The summed E-state index contributed by atoms with van der Waals surface area (Å²) in [7, 11) is 1.43. The van der Waals surface area contributed by atoms with Crippen molar-refractivity contribution in [1.82, 2.24) is 0 Å². The molecule has 1 N–H and O–H groups in total. The van der Waals surface area contributed by atoms with Crippen molar-refractivity contribution in [2.75, 3.05) is 5.32 Å². The maximum absolute atomic E-state index is 12.2. The third-order valence-corrected chi connectivity index (χ3v) is 4.56. The van der Waals surface area contributed by atoms with Gasteiger partial charge in [0.15, 0.2) is 0 Å². The number of amides is 1. The molecule has 0 aliphatic rings. The van der Waals surface area contributed by atoms with Crippen LogP contribution in [0.5, 0.6) is 0 Å². The van der Waals surface area contributed by atoms with Crippen LogP contribution in [0.25, 0.3) is 0 Å². The third-order valence-electron chi connectivity index (χ3n) is 3.21. The van der Waals surface area contributed by atoms with Gasteiger partial charge in [0.05, 0.1) is 4.90 Å². The van der Waals surface area contributed by atoms with Crippen LogP contribution in [0.2, 0.25) is 0 Å². The Balaban J connectivity index is 2.19. The summed E-state index contributed by atoms with van der Waals surface area (Å²) in [6, 6.07) is 13.1. The van der Waals surface area contributed by atoms with Crippen molar-refractivity contribution in [2.45, 2.75) is 24.7 Å². The van der Waals surface area contributed by atoms with Gasteiger partial charge in [-0.1, -0.05) is 32.0 Å². The monoisotopic (exact) mass is 337 g/mol. The van der Waals surface area contributed by atoms with E-state index in [1.54, 1.807) is 0 Å². The number of benzene rings is 2. The minimum atomic E-state index is -3.85. The molecule has 0 radical (unpaired) electrons. The molecule has 116 valence electrons. The lowest BCUT2D eigenvalue weighted by Crippen LogP contribution is -2.12. The first-order valence-corrected chi connectivity index (χ1v) is 9.04. The molecule has 0 saturated carbocycles. The Kier molecular flexibility index (Phi) is 4.88. The molecule has 0 atom stereocenters. The van der Waals surface area contributed by atoms with E-state index >= 15 is 0 Å². The number of hydrogen-bond acceptors (Lipinski definition) is 3. The van der Waals surface area contributed by atoms with E-state index in [2.05, 4.69) is 19.2 Å². The van der Waals surface area contributed by atoms with Gasteiger partial charge in [-0.2, -0.15) is 0 Å².